The zero-order valence-electron chi connectivity index (χ0n) is 7.52. The highest BCUT2D eigenvalue weighted by Gasteiger charge is 2.16. The normalized spacial score (nSPS) is 21.1. The maximum absolute atomic E-state index is 11.1. The largest absolute Gasteiger partial charge is 0.316 e. The summed E-state index contributed by atoms with van der Waals surface area (Å²) in [5.74, 6) is 0. The molecule has 0 saturated carbocycles. The molecule has 0 bridgehead atoms. The van der Waals surface area contributed by atoms with E-state index in [1.807, 2.05) is 0 Å². The SMILES string of the molecule is O=c1[nH]c2c([nH]c1=O)=C[C@H]1N=CN=C1C=2. The molecular formula is C9H6N4O2. The van der Waals surface area contributed by atoms with Gasteiger partial charge in [-0.15, -0.1) is 0 Å². The van der Waals surface area contributed by atoms with Crippen LogP contribution in [0.15, 0.2) is 19.6 Å². The lowest BCUT2D eigenvalue weighted by Gasteiger charge is -2.06. The molecule has 6 heteroatoms. The predicted octanol–water partition coefficient (Wildman–Crippen LogP) is -2.51. The summed E-state index contributed by atoms with van der Waals surface area (Å²) in [6.45, 7) is 0. The fourth-order valence-electron chi connectivity index (χ4n) is 1.62. The number of hydrogen-bond acceptors (Lipinski definition) is 4. The molecule has 1 aromatic rings. The van der Waals surface area contributed by atoms with Crippen molar-refractivity contribution in [2.24, 2.45) is 9.98 Å². The van der Waals surface area contributed by atoms with Crippen LogP contribution in [0.3, 0.4) is 0 Å². The fourth-order valence-corrected chi connectivity index (χ4v) is 1.62. The number of rotatable bonds is 0. The topological polar surface area (TPSA) is 90.4 Å². The van der Waals surface area contributed by atoms with Gasteiger partial charge in [-0.2, -0.15) is 0 Å². The van der Waals surface area contributed by atoms with Crippen molar-refractivity contribution >= 4 is 24.2 Å². The lowest BCUT2D eigenvalue weighted by atomic mass is 10.1. The van der Waals surface area contributed by atoms with E-state index in [1.165, 1.54) is 6.34 Å². The Morgan fingerprint density at radius 2 is 1.87 bits per heavy atom. The molecule has 1 aliphatic carbocycles. The summed E-state index contributed by atoms with van der Waals surface area (Å²) in [7, 11) is 0. The monoisotopic (exact) mass is 202 g/mol. The minimum atomic E-state index is -0.656. The Morgan fingerprint density at radius 1 is 1.13 bits per heavy atom. The summed E-state index contributed by atoms with van der Waals surface area (Å²) in [5, 5.41) is 1.16. The van der Waals surface area contributed by atoms with Gasteiger partial charge in [0.05, 0.1) is 16.4 Å². The average molecular weight is 202 g/mol. The van der Waals surface area contributed by atoms with E-state index in [0.717, 1.165) is 5.71 Å². The Morgan fingerprint density at radius 3 is 2.67 bits per heavy atom. The molecule has 0 fully saturated rings. The van der Waals surface area contributed by atoms with E-state index in [0.29, 0.717) is 10.7 Å². The van der Waals surface area contributed by atoms with Crippen LogP contribution in [0.5, 0.6) is 0 Å². The van der Waals surface area contributed by atoms with Crippen LogP contribution in [-0.4, -0.2) is 28.1 Å². The van der Waals surface area contributed by atoms with Gasteiger partial charge in [-0.05, 0) is 12.2 Å². The summed E-state index contributed by atoms with van der Waals surface area (Å²) in [6.07, 6.45) is 4.94. The number of nitrogens with zero attached hydrogens (tertiary/aromatic N) is 2. The van der Waals surface area contributed by atoms with Crippen LogP contribution in [0.1, 0.15) is 0 Å². The number of hydrogen-bond donors (Lipinski definition) is 2. The van der Waals surface area contributed by atoms with Gasteiger partial charge in [-0.1, -0.05) is 0 Å². The Hall–Kier alpha value is -2.24. The molecule has 74 valence electrons. The fraction of sp³-hybridized carbons (Fsp3) is 0.111. The Labute approximate surface area is 82.4 Å². The van der Waals surface area contributed by atoms with E-state index >= 15 is 0 Å². The highest BCUT2D eigenvalue weighted by molar-refractivity contribution is 6.21. The van der Waals surface area contributed by atoms with E-state index in [4.69, 9.17) is 0 Å². The lowest BCUT2D eigenvalue weighted by Crippen LogP contribution is -2.49. The number of aromatic amines is 2. The van der Waals surface area contributed by atoms with Crippen molar-refractivity contribution < 1.29 is 0 Å². The number of aromatic nitrogens is 2. The Kier molecular flexibility index (Phi) is 1.42. The van der Waals surface area contributed by atoms with E-state index in [1.54, 1.807) is 12.2 Å². The summed E-state index contributed by atoms with van der Waals surface area (Å²) in [5.41, 5.74) is -0.540. The van der Waals surface area contributed by atoms with Crippen molar-refractivity contribution in [2.75, 3.05) is 0 Å². The minimum Gasteiger partial charge on any atom is -0.316 e. The number of aliphatic imine (C=N–C) groups is 2. The molecule has 2 aliphatic rings. The van der Waals surface area contributed by atoms with Crippen LogP contribution in [0.2, 0.25) is 0 Å². The first kappa shape index (κ1) is 8.10. The quantitative estimate of drug-likeness (QED) is 0.455. The summed E-state index contributed by atoms with van der Waals surface area (Å²) in [6, 6.07) is -0.140. The van der Waals surface area contributed by atoms with Gasteiger partial charge in [0.1, 0.15) is 12.4 Å². The molecule has 0 unspecified atom stereocenters. The second kappa shape index (κ2) is 2.63. The third kappa shape index (κ3) is 1.11. The molecule has 1 atom stereocenters. The van der Waals surface area contributed by atoms with Gasteiger partial charge in [0.15, 0.2) is 0 Å². The predicted molar refractivity (Wildman–Crippen MR) is 55.6 cm³/mol. The first-order valence-corrected chi connectivity index (χ1v) is 4.39. The Bertz CT molecular complexity index is 720. The molecule has 1 aliphatic heterocycles. The zero-order chi connectivity index (χ0) is 10.4. The number of H-pyrrole nitrogens is 2. The van der Waals surface area contributed by atoms with Crippen molar-refractivity contribution in [3.63, 3.8) is 0 Å². The summed E-state index contributed by atoms with van der Waals surface area (Å²) in [4.78, 5) is 35.3. The van der Waals surface area contributed by atoms with Crippen molar-refractivity contribution in [3.8, 4) is 0 Å². The van der Waals surface area contributed by atoms with E-state index in [9.17, 15) is 9.59 Å². The second-order valence-corrected chi connectivity index (χ2v) is 3.31. The van der Waals surface area contributed by atoms with Gasteiger partial charge in [0.2, 0.25) is 0 Å². The van der Waals surface area contributed by atoms with Crippen LogP contribution in [0, 0.1) is 0 Å². The maximum atomic E-state index is 11.1. The van der Waals surface area contributed by atoms with E-state index in [2.05, 4.69) is 20.0 Å². The number of nitrogens with one attached hydrogen (secondary N) is 2. The second-order valence-electron chi connectivity index (χ2n) is 3.31. The summed E-state index contributed by atoms with van der Waals surface area (Å²) >= 11 is 0. The molecule has 1 aromatic heterocycles. The molecule has 0 amide bonds. The molecule has 2 N–H and O–H groups in total. The third-order valence-electron chi connectivity index (χ3n) is 2.35. The molecule has 15 heavy (non-hydrogen) atoms. The molecule has 3 rings (SSSR count). The van der Waals surface area contributed by atoms with Crippen molar-refractivity contribution in [2.45, 2.75) is 6.04 Å². The lowest BCUT2D eigenvalue weighted by molar-refractivity contribution is 0.985. The smallest absolute Gasteiger partial charge is 0.314 e. The van der Waals surface area contributed by atoms with Crippen molar-refractivity contribution in [1.29, 1.82) is 0 Å². The van der Waals surface area contributed by atoms with Gasteiger partial charge in [0, 0.05) is 0 Å². The summed E-state index contributed by atoms with van der Waals surface area (Å²) < 4.78 is 0. The van der Waals surface area contributed by atoms with Crippen molar-refractivity contribution in [1.82, 2.24) is 9.97 Å². The van der Waals surface area contributed by atoms with Gasteiger partial charge < -0.3 is 9.97 Å². The third-order valence-corrected chi connectivity index (χ3v) is 2.35. The standard InChI is InChI=1S/C9H6N4O2/c14-8-9(15)13-7-2-5-4(10-3-11-5)1-6(7)12-8/h1-4H,(H,12,14)(H,13,15)/t4-/m1/s1. The maximum Gasteiger partial charge on any atom is 0.314 e. The van der Waals surface area contributed by atoms with Crippen LogP contribution in [-0.2, 0) is 0 Å². The molecule has 0 aromatic carbocycles. The highest BCUT2D eigenvalue weighted by Crippen LogP contribution is 2.05. The van der Waals surface area contributed by atoms with Gasteiger partial charge in [-0.25, -0.2) is 4.99 Å². The molecule has 2 heterocycles. The van der Waals surface area contributed by atoms with Crippen LogP contribution < -0.4 is 21.8 Å². The molecule has 6 nitrogen and oxygen atoms in total. The number of fused-ring (bicyclic) bond motifs is 2. The van der Waals surface area contributed by atoms with Crippen LogP contribution in [0.25, 0.3) is 12.2 Å². The Balaban J connectivity index is 2.45. The first-order chi connectivity index (χ1) is 7.24. The average Bonchev–Trinajstić information content (AvgIpc) is 2.63. The van der Waals surface area contributed by atoms with E-state index in [-0.39, 0.29) is 6.04 Å². The molecule has 0 saturated heterocycles. The van der Waals surface area contributed by atoms with Gasteiger partial charge >= 0.3 is 11.1 Å². The van der Waals surface area contributed by atoms with Gasteiger partial charge in [-0.3, -0.25) is 14.6 Å². The first-order valence-electron chi connectivity index (χ1n) is 4.39. The molecule has 0 spiro atoms. The molecular weight excluding hydrogens is 196 g/mol. The van der Waals surface area contributed by atoms with E-state index < -0.39 is 11.1 Å². The van der Waals surface area contributed by atoms with Crippen molar-refractivity contribution in [3.05, 3.63) is 31.4 Å². The molecule has 0 radical (unpaired) electrons. The van der Waals surface area contributed by atoms with Crippen LogP contribution in [0.4, 0.5) is 0 Å². The highest BCUT2D eigenvalue weighted by atomic mass is 16.2. The van der Waals surface area contributed by atoms with Crippen LogP contribution >= 0.6 is 0 Å². The van der Waals surface area contributed by atoms with Gasteiger partial charge in [0.25, 0.3) is 0 Å². The minimum absolute atomic E-state index is 0.140. The zero-order valence-corrected chi connectivity index (χ0v) is 7.52.